The van der Waals surface area contributed by atoms with Crippen LogP contribution in [0.25, 0.3) is 0 Å². The molecular formula is C16H21N5O3. The number of furan rings is 1. The second kappa shape index (κ2) is 6.88. The SMILES string of the molecule is CC(NC(=O)c1ccco1)C(=O)N1CCNCC1c1nccn1C. The number of nitrogens with one attached hydrogen (secondary N) is 2. The van der Waals surface area contributed by atoms with Crippen LogP contribution < -0.4 is 10.6 Å². The first-order valence-electron chi connectivity index (χ1n) is 7.90. The number of rotatable bonds is 4. The molecule has 2 aromatic rings. The van der Waals surface area contributed by atoms with E-state index >= 15 is 0 Å². The summed E-state index contributed by atoms with van der Waals surface area (Å²) in [6.45, 7) is 3.60. The Kier molecular flexibility index (Phi) is 4.66. The fourth-order valence-corrected chi connectivity index (χ4v) is 2.88. The van der Waals surface area contributed by atoms with Gasteiger partial charge in [-0.15, -0.1) is 0 Å². The van der Waals surface area contributed by atoms with Crippen LogP contribution in [-0.2, 0) is 11.8 Å². The van der Waals surface area contributed by atoms with Gasteiger partial charge in [-0.25, -0.2) is 4.98 Å². The largest absolute Gasteiger partial charge is 0.459 e. The fourth-order valence-electron chi connectivity index (χ4n) is 2.88. The topological polar surface area (TPSA) is 92.4 Å². The van der Waals surface area contributed by atoms with Crippen LogP contribution in [-0.4, -0.2) is 51.9 Å². The highest BCUT2D eigenvalue weighted by Crippen LogP contribution is 2.21. The molecule has 3 heterocycles. The predicted molar refractivity (Wildman–Crippen MR) is 86.2 cm³/mol. The number of carbonyl (C=O) groups excluding carboxylic acids is 2. The van der Waals surface area contributed by atoms with Gasteiger partial charge in [0.15, 0.2) is 5.76 Å². The predicted octanol–water partition coefficient (Wildman–Crippen LogP) is 0.305. The highest BCUT2D eigenvalue weighted by atomic mass is 16.3. The van der Waals surface area contributed by atoms with Gasteiger partial charge in [-0.1, -0.05) is 0 Å². The molecule has 0 spiro atoms. The van der Waals surface area contributed by atoms with Crippen molar-refractivity contribution < 1.29 is 14.0 Å². The molecular weight excluding hydrogens is 310 g/mol. The van der Waals surface area contributed by atoms with E-state index < -0.39 is 11.9 Å². The molecule has 1 aliphatic rings. The summed E-state index contributed by atoms with van der Waals surface area (Å²) in [7, 11) is 1.90. The first kappa shape index (κ1) is 16.3. The highest BCUT2D eigenvalue weighted by molar-refractivity contribution is 5.95. The summed E-state index contributed by atoms with van der Waals surface area (Å²) in [4.78, 5) is 31.0. The Bertz CT molecular complexity index is 709. The quantitative estimate of drug-likeness (QED) is 0.841. The summed E-state index contributed by atoms with van der Waals surface area (Å²) >= 11 is 0. The van der Waals surface area contributed by atoms with E-state index in [2.05, 4.69) is 15.6 Å². The summed E-state index contributed by atoms with van der Waals surface area (Å²) < 4.78 is 6.96. The van der Waals surface area contributed by atoms with Crippen LogP contribution in [0.2, 0.25) is 0 Å². The van der Waals surface area contributed by atoms with Crippen molar-refractivity contribution in [2.24, 2.45) is 7.05 Å². The maximum atomic E-state index is 12.8. The Morgan fingerprint density at radius 3 is 3.00 bits per heavy atom. The third kappa shape index (κ3) is 3.18. The summed E-state index contributed by atoms with van der Waals surface area (Å²) in [5.74, 6) is 0.477. The molecule has 1 saturated heterocycles. The van der Waals surface area contributed by atoms with Gasteiger partial charge >= 0.3 is 0 Å². The first-order chi connectivity index (χ1) is 11.6. The summed E-state index contributed by atoms with van der Waals surface area (Å²) in [5.41, 5.74) is 0. The number of aryl methyl sites for hydroxylation is 1. The van der Waals surface area contributed by atoms with Crippen molar-refractivity contribution in [3.05, 3.63) is 42.4 Å². The van der Waals surface area contributed by atoms with E-state index in [1.165, 1.54) is 6.26 Å². The zero-order valence-corrected chi connectivity index (χ0v) is 13.7. The third-order valence-electron chi connectivity index (χ3n) is 4.15. The molecule has 0 aromatic carbocycles. The Hall–Kier alpha value is -2.61. The second-order valence-corrected chi connectivity index (χ2v) is 5.82. The second-order valence-electron chi connectivity index (χ2n) is 5.82. The van der Waals surface area contributed by atoms with Crippen LogP contribution in [0, 0.1) is 0 Å². The van der Waals surface area contributed by atoms with E-state index in [1.54, 1.807) is 30.2 Å². The normalized spacial score (nSPS) is 19.1. The average molecular weight is 331 g/mol. The third-order valence-corrected chi connectivity index (χ3v) is 4.15. The Morgan fingerprint density at radius 2 is 2.33 bits per heavy atom. The van der Waals surface area contributed by atoms with Gasteiger partial charge in [0, 0.05) is 39.1 Å². The molecule has 3 rings (SSSR count). The monoisotopic (exact) mass is 331 g/mol. The number of aromatic nitrogens is 2. The lowest BCUT2D eigenvalue weighted by Gasteiger charge is -2.37. The number of imidazole rings is 1. The van der Waals surface area contributed by atoms with Crippen LogP contribution in [0.3, 0.4) is 0 Å². The number of piperazine rings is 1. The maximum absolute atomic E-state index is 12.8. The molecule has 1 aliphatic heterocycles. The minimum atomic E-state index is -0.650. The molecule has 1 fully saturated rings. The van der Waals surface area contributed by atoms with E-state index in [0.717, 1.165) is 5.82 Å². The van der Waals surface area contributed by atoms with Gasteiger partial charge < -0.3 is 24.5 Å². The molecule has 24 heavy (non-hydrogen) atoms. The van der Waals surface area contributed by atoms with Crippen LogP contribution in [0.1, 0.15) is 29.3 Å². The van der Waals surface area contributed by atoms with Crippen LogP contribution in [0.4, 0.5) is 0 Å². The van der Waals surface area contributed by atoms with Gasteiger partial charge in [-0.05, 0) is 19.1 Å². The standard InChI is InChI=1S/C16H21N5O3/c1-11(19-15(22)13-4-3-9-24-13)16(23)21-8-5-17-10-12(21)14-18-6-7-20(14)2/h3-4,6-7,9,11-12,17H,5,8,10H2,1-2H3,(H,19,22). The zero-order valence-electron chi connectivity index (χ0n) is 13.7. The van der Waals surface area contributed by atoms with Crippen LogP contribution in [0.15, 0.2) is 35.2 Å². The van der Waals surface area contributed by atoms with E-state index in [-0.39, 0.29) is 17.7 Å². The number of nitrogens with zero attached hydrogens (tertiary/aromatic N) is 3. The lowest BCUT2D eigenvalue weighted by Crippen LogP contribution is -2.54. The van der Waals surface area contributed by atoms with Gasteiger partial charge in [0.1, 0.15) is 17.9 Å². The van der Waals surface area contributed by atoms with E-state index in [9.17, 15) is 9.59 Å². The first-order valence-corrected chi connectivity index (χ1v) is 7.90. The molecule has 2 unspecified atom stereocenters. The smallest absolute Gasteiger partial charge is 0.287 e. The zero-order chi connectivity index (χ0) is 17.1. The molecule has 128 valence electrons. The summed E-state index contributed by atoms with van der Waals surface area (Å²) in [6, 6.07) is 2.39. The number of carbonyl (C=O) groups is 2. The van der Waals surface area contributed by atoms with E-state index in [1.807, 2.05) is 17.8 Å². The minimum absolute atomic E-state index is 0.135. The van der Waals surface area contributed by atoms with Crippen molar-refractivity contribution in [2.75, 3.05) is 19.6 Å². The van der Waals surface area contributed by atoms with Crippen molar-refractivity contribution in [2.45, 2.75) is 19.0 Å². The fraction of sp³-hybridized carbons (Fsp3) is 0.438. The van der Waals surface area contributed by atoms with Crippen molar-refractivity contribution in [1.29, 1.82) is 0 Å². The van der Waals surface area contributed by atoms with E-state index in [0.29, 0.717) is 19.6 Å². The molecule has 8 heteroatoms. The van der Waals surface area contributed by atoms with Crippen LogP contribution >= 0.6 is 0 Å². The molecule has 2 atom stereocenters. The number of amides is 2. The summed E-state index contributed by atoms with van der Waals surface area (Å²) in [6.07, 6.45) is 5.00. The van der Waals surface area contributed by atoms with E-state index in [4.69, 9.17) is 4.42 Å². The van der Waals surface area contributed by atoms with Gasteiger partial charge in [0.2, 0.25) is 5.91 Å². The molecule has 0 aliphatic carbocycles. The lowest BCUT2D eigenvalue weighted by molar-refractivity contribution is -0.136. The Morgan fingerprint density at radius 1 is 1.50 bits per heavy atom. The van der Waals surface area contributed by atoms with Crippen molar-refractivity contribution >= 4 is 11.8 Å². The highest BCUT2D eigenvalue weighted by Gasteiger charge is 2.33. The summed E-state index contributed by atoms with van der Waals surface area (Å²) in [5, 5.41) is 5.98. The lowest BCUT2D eigenvalue weighted by atomic mass is 10.1. The van der Waals surface area contributed by atoms with Gasteiger partial charge in [-0.3, -0.25) is 9.59 Å². The minimum Gasteiger partial charge on any atom is -0.459 e. The maximum Gasteiger partial charge on any atom is 0.287 e. The van der Waals surface area contributed by atoms with Gasteiger partial charge in [0.05, 0.1) is 6.26 Å². The Labute approximate surface area is 139 Å². The number of hydrogen-bond donors (Lipinski definition) is 2. The van der Waals surface area contributed by atoms with Gasteiger partial charge in [-0.2, -0.15) is 0 Å². The molecule has 0 bridgehead atoms. The van der Waals surface area contributed by atoms with Gasteiger partial charge in [0.25, 0.3) is 5.91 Å². The number of hydrogen-bond acceptors (Lipinski definition) is 5. The van der Waals surface area contributed by atoms with Crippen molar-refractivity contribution in [3.63, 3.8) is 0 Å². The molecule has 0 radical (unpaired) electrons. The molecule has 2 aromatic heterocycles. The molecule has 8 nitrogen and oxygen atoms in total. The van der Waals surface area contributed by atoms with Crippen molar-refractivity contribution in [3.8, 4) is 0 Å². The molecule has 2 amide bonds. The van der Waals surface area contributed by atoms with Crippen LogP contribution in [0.5, 0.6) is 0 Å². The average Bonchev–Trinajstić information content (AvgIpc) is 3.25. The van der Waals surface area contributed by atoms with Crippen molar-refractivity contribution in [1.82, 2.24) is 25.1 Å². The Balaban J connectivity index is 1.72. The molecule has 2 N–H and O–H groups in total. The molecule has 0 saturated carbocycles.